The summed E-state index contributed by atoms with van der Waals surface area (Å²) >= 11 is 3.74. The van der Waals surface area contributed by atoms with Crippen LogP contribution in [0, 0.1) is 0 Å². The molecule has 2 atom stereocenters. The molecule has 4 nitrogen and oxygen atoms in total. The van der Waals surface area contributed by atoms with Gasteiger partial charge < -0.3 is 5.32 Å². The van der Waals surface area contributed by atoms with Crippen molar-refractivity contribution in [1.29, 1.82) is 0 Å². The topological polar surface area (TPSA) is 41.1 Å². The van der Waals surface area contributed by atoms with Crippen LogP contribution in [0.25, 0.3) is 10.2 Å². The van der Waals surface area contributed by atoms with E-state index in [4.69, 9.17) is 4.98 Å². The van der Waals surface area contributed by atoms with Crippen LogP contribution in [0.2, 0.25) is 0 Å². The molecule has 0 amide bonds. The molecule has 3 heterocycles. The minimum atomic E-state index is 0.578. The Labute approximate surface area is 128 Å². The molecule has 1 N–H and O–H groups in total. The van der Waals surface area contributed by atoms with Gasteiger partial charge in [-0.25, -0.2) is 9.97 Å². The Morgan fingerprint density at radius 1 is 1.40 bits per heavy atom. The summed E-state index contributed by atoms with van der Waals surface area (Å²) in [6.07, 6.45) is 0. The van der Waals surface area contributed by atoms with E-state index in [1.54, 1.807) is 11.3 Å². The average Bonchev–Trinajstić information content (AvgIpc) is 2.91. The van der Waals surface area contributed by atoms with Crippen molar-refractivity contribution in [3.8, 4) is 0 Å². The average molecular weight is 308 g/mol. The molecule has 0 saturated carbocycles. The van der Waals surface area contributed by atoms with Gasteiger partial charge in [0.2, 0.25) is 0 Å². The van der Waals surface area contributed by atoms with E-state index in [0.29, 0.717) is 11.3 Å². The Morgan fingerprint density at radius 2 is 2.25 bits per heavy atom. The number of fused-ring (bicyclic) bond motifs is 1. The largest absolute Gasteiger partial charge is 0.372 e. The Morgan fingerprint density at radius 3 is 3.05 bits per heavy atom. The predicted octanol–water partition coefficient (Wildman–Crippen LogP) is 3.06. The second-order valence-electron chi connectivity index (χ2n) is 5.16. The third kappa shape index (κ3) is 2.64. The second kappa shape index (κ2) is 5.87. The van der Waals surface area contributed by atoms with Gasteiger partial charge in [0.25, 0.3) is 0 Å². The molecule has 0 aromatic carbocycles. The first-order chi connectivity index (χ1) is 9.69. The van der Waals surface area contributed by atoms with Gasteiger partial charge in [-0.05, 0) is 18.4 Å². The zero-order valence-electron chi connectivity index (χ0n) is 12.1. The van der Waals surface area contributed by atoms with Gasteiger partial charge in [-0.1, -0.05) is 6.92 Å². The lowest BCUT2D eigenvalue weighted by molar-refractivity contribution is 0.200. The number of anilines is 1. The van der Waals surface area contributed by atoms with Crippen molar-refractivity contribution in [2.75, 3.05) is 24.7 Å². The second-order valence-corrected chi connectivity index (χ2v) is 7.54. The van der Waals surface area contributed by atoms with Gasteiger partial charge in [-0.15, -0.1) is 11.3 Å². The maximum absolute atomic E-state index is 4.72. The molecule has 0 spiro atoms. The van der Waals surface area contributed by atoms with E-state index in [-0.39, 0.29) is 0 Å². The van der Waals surface area contributed by atoms with E-state index in [2.05, 4.69) is 52.3 Å². The van der Waals surface area contributed by atoms with Crippen LogP contribution in [-0.2, 0) is 6.54 Å². The lowest BCUT2D eigenvalue weighted by atomic mass is 10.2. The van der Waals surface area contributed by atoms with Crippen LogP contribution < -0.4 is 5.32 Å². The molecule has 1 saturated heterocycles. The van der Waals surface area contributed by atoms with Crippen molar-refractivity contribution < 1.29 is 0 Å². The molecule has 108 valence electrons. The van der Waals surface area contributed by atoms with E-state index in [0.717, 1.165) is 34.9 Å². The minimum Gasteiger partial charge on any atom is -0.372 e. The van der Waals surface area contributed by atoms with Gasteiger partial charge in [0.1, 0.15) is 16.5 Å². The number of hydrogen-bond acceptors (Lipinski definition) is 6. The summed E-state index contributed by atoms with van der Waals surface area (Å²) in [6, 6.07) is 2.66. The smallest absolute Gasteiger partial charge is 0.146 e. The number of rotatable bonds is 3. The molecule has 3 rings (SSSR count). The van der Waals surface area contributed by atoms with E-state index >= 15 is 0 Å². The SMILES string of the molecule is CNc1nc(CN2CCSC(C)C2C)nc2sccc12. The first-order valence-corrected chi connectivity index (χ1v) is 8.89. The molecule has 0 radical (unpaired) electrons. The summed E-state index contributed by atoms with van der Waals surface area (Å²) < 4.78 is 0. The fourth-order valence-corrected chi connectivity index (χ4v) is 4.51. The van der Waals surface area contributed by atoms with Crippen molar-refractivity contribution >= 4 is 39.1 Å². The highest BCUT2D eigenvalue weighted by molar-refractivity contribution is 8.00. The monoisotopic (exact) mass is 308 g/mol. The quantitative estimate of drug-likeness (QED) is 0.944. The summed E-state index contributed by atoms with van der Waals surface area (Å²) in [5, 5.41) is 7.06. The van der Waals surface area contributed by atoms with Gasteiger partial charge in [-0.2, -0.15) is 11.8 Å². The summed E-state index contributed by atoms with van der Waals surface area (Å²) in [5.74, 6) is 3.07. The van der Waals surface area contributed by atoms with Crippen molar-refractivity contribution in [3.63, 3.8) is 0 Å². The third-order valence-corrected chi connectivity index (χ3v) is 6.11. The molecule has 6 heteroatoms. The number of thioether (sulfide) groups is 1. The maximum Gasteiger partial charge on any atom is 0.146 e. The Hall–Kier alpha value is -0.850. The van der Waals surface area contributed by atoms with Crippen molar-refractivity contribution in [1.82, 2.24) is 14.9 Å². The van der Waals surface area contributed by atoms with Gasteiger partial charge in [0.15, 0.2) is 0 Å². The molecule has 1 fully saturated rings. The lowest BCUT2D eigenvalue weighted by Crippen LogP contribution is -2.44. The molecular weight excluding hydrogens is 288 g/mol. The van der Waals surface area contributed by atoms with Crippen LogP contribution in [-0.4, -0.2) is 45.5 Å². The molecule has 1 aliphatic heterocycles. The summed E-state index contributed by atoms with van der Waals surface area (Å²) in [4.78, 5) is 13.0. The highest BCUT2D eigenvalue weighted by Crippen LogP contribution is 2.27. The molecule has 0 aliphatic carbocycles. The number of aromatic nitrogens is 2. The number of hydrogen-bond donors (Lipinski definition) is 1. The predicted molar refractivity (Wildman–Crippen MR) is 88.8 cm³/mol. The van der Waals surface area contributed by atoms with Gasteiger partial charge >= 0.3 is 0 Å². The van der Waals surface area contributed by atoms with Gasteiger partial charge in [0, 0.05) is 30.6 Å². The Balaban J connectivity index is 1.86. The highest BCUT2D eigenvalue weighted by atomic mass is 32.2. The van der Waals surface area contributed by atoms with Crippen LogP contribution >= 0.6 is 23.1 Å². The number of nitrogens with one attached hydrogen (secondary N) is 1. The van der Waals surface area contributed by atoms with Gasteiger partial charge in [0.05, 0.1) is 11.9 Å². The normalized spacial score (nSPS) is 24.1. The standard InChI is InChI=1S/C14H20N4S2/c1-9-10(2)19-7-5-18(9)8-12-16-13(15-3)11-4-6-20-14(11)17-12/h4,6,9-10H,5,7-8H2,1-3H3,(H,15,16,17). The Bertz CT molecular complexity index is 598. The van der Waals surface area contributed by atoms with E-state index in [1.807, 2.05) is 7.05 Å². The molecular formula is C14H20N4S2. The molecule has 2 aromatic heterocycles. The molecule has 2 aromatic rings. The van der Waals surface area contributed by atoms with Crippen LogP contribution in [0.15, 0.2) is 11.4 Å². The van der Waals surface area contributed by atoms with Crippen LogP contribution in [0.3, 0.4) is 0 Å². The molecule has 20 heavy (non-hydrogen) atoms. The minimum absolute atomic E-state index is 0.578. The highest BCUT2D eigenvalue weighted by Gasteiger charge is 2.26. The zero-order chi connectivity index (χ0) is 14.1. The summed E-state index contributed by atoms with van der Waals surface area (Å²) in [5.41, 5.74) is 0. The third-order valence-electron chi connectivity index (χ3n) is 3.97. The van der Waals surface area contributed by atoms with Crippen molar-refractivity contribution in [3.05, 3.63) is 17.3 Å². The molecule has 2 unspecified atom stereocenters. The van der Waals surface area contributed by atoms with Crippen molar-refractivity contribution in [2.24, 2.45) is 0 Å². The summed E-state index contributed by atoms with van der Waals surface area (Å²) in [7, 11) is 1.92. The van der Waals surface area contributed by atoms with Crippen LogP contribution in [0.4, 0.5) is 5.82 Å². The lowest BCUT2D eigenvalue weighted by Gasteiger charge is -2.36. The Kier molecular flexibility index (Phi) is 4.14. The zero-order valence-corrected chi connectivity index (χ0v) is 13.7. The van der Waals surface area contributed by atoms with Crippen LogP contribution in [0.5, 0.6) is 0 Å². The van der Waals surface area contributed by atoms with E-state index in [1.165, 1.54) is 5.75 Å². The number of nitrogens with zero attached hydrogens (tertiary/aromatic N) is 3. The molecule has 1 aliphatic rings. The van der Waals surface area contributed by atoms with Crippen LogP contribution in [0.1, 0.15) is 19.7 Å². The molecule has 0 bridgehead atoms. The van der Waals surface area contributed by atoms with Crippen molar-refractivity contribution in [2.45, 2.75) is 31.7 Å². The number of thiophene rings is 1. The summed E-state index contributed by atoms with van der Waals surface area (Å²) in [6.45, 7) is 6.58. The van der Waals surface area contributed by atoms with E-state index < -0.39 is 0 Å². The fourth-order valence-electron chi connectivity index (χ4n) is 2.56. The fraction of sp³-hybridized carbons (Fsp3) is 0.571. The first-order valence-electron chi connectivity index (χ1n) is 6.96. The first kappa shape index (κ1) is 14.1. The van der Waals surface area contributed by atoms with E-state index in [9.17, 15) is 0 Å². The van der Waals surface area contributed by atoms with Gasteiger partial charge in [-0.3, -0.25) is 4.90 Å². The maximum atomic E-state index is 4.72.